The van der Waals surface area contributed by atoms with E-state index in [0.29, 0.717) is 0 Å². The van der Waals surface area contributed by atoms with Gasteiger partial charge in [-0.05, 0) is 13.0 Å². The van der Waals surface area contributed by atoms with E-state index in [1.54, 1.807) is 0 Å². The number of amides is 1. The van der Waals surface area contributed by atoms with Gasteiger partial charge in [0.2, 0.25) is 0 Å². The molecule has 0 radical (unpaired) electrons. The summed E-state index contributed by atoms with van der Waals surface area (Å²) >= 11 is 0. The van der Waals surface area contributed by atoms with Crippen LogP contribution in [-0.4, -0.2) is 29.2 Å². The Morgan fingerprint density at radius 1 is 1.59 bits per heavy atom. The van der Waals surface area contributed by atoms with Crippen LogP contribution in [0.15, 0.2) is 18.2 Å². The van der Waals surface area contributed by atoms with Crippen LogP contribution in [0, 0.1) is 10.1 Å². The van der Waals surface area contributed by atoms with Gasteiger partial charge < -0.3 is 15.2 Å². The van der Waals surface area contributed by atoms with Crippen LogP contribution in [0.2, 0.25) is 0 Å². The highest BCUT2D eigenvalue weighted by molar-refractivity contribution is 5.95. The SMILES string of the molecule is COC(C)C(=O)Nc1cc([N+](=O)[O-])ccc1O. The molecule has 0 aliphatic rings. The van der Waals surface area contributed by atoms with E-state index >= 15 is 0 Å². The minimum Gasteiger partial charge on any atom is -0.506 e. The normalized spacial score (nSPS) is 11.9. The van der Waals surface area contributed by atoms with Crippen molar-refractivity contribution in [3.05, 3.63) is 28.3 Å². The van der Waals surface area contributed by atoms with Crippen molar-refractivity contribution in [3.8, 4) is 5.75 Å². The summed E-state index contributed by atoms with van der Waals surface area (Å²) < 4.78 is 4.77. The van der Waals surface area contributed by atoms with Crippen LogP contribution in [0.5, 0.6) is 5.75 Å². The zero-order valence-electron chi connectivity index (χ0n) is 9.34. The minimum atomic E-state index is -0.714. The first-order valence-corrected chi connectivity index (χ1v) is 4.76. The maximum absolute atomic E-state index is 11.5. The molecule has 1 rings (SSSR count). The standard InChI is InChI=1S/C10H12N2O5/c1-6(17-2)10(14)11-8-5-7(12(15)16)3-4-9(8)13/h3-6,13H,1-2H3,(H,11,14). The number of non-ortho nitro benzene ring substituents is 1. The van der Waals surface area contributed by atoms with Crippen molar-refractivity contribution in [3.63, 3.8) is 0 Å². The average Bonchev–Trinajstić information content (AvgIpc) is 2.30. The van der Waals surface area contributed by atoms with Gasteiger partial charge in [-0.15, -0.1) is 0 Å². The number of hydrogen-bond acceptors (Lipinski definition) is 5. The summed E-state index contributed by atoms with van der Waals surface area (Å²) in [4.78, 5) is 21.4. The number of hydrogen-bond donors (Lipinski definition) is 2. The Labute approximate surface area is 97.2 Å². The molecule has 0 saturated heterocycles. The Morgan fingerprint density at radius 2 is 2.24 bits per heavy atom. The number of nitro groups is 1. The number of nitrogens with one attached hydrogen (secondary N) is 1. The third kappa shape index (κ3) is 3.15. The summed E-state index contributed by atoms with van der Waals surface area (Å²) in [5, 5.41) is 22.3. The van der Waals surface area contributed by atoms with E-state index in [-0.39, 0.29) is 17.1 Å². The second-order valence-corrected chi connectivity index (χ2v) is 3.33. The molecule has 1 aromatic carbocycles. The number of nitro benzene ring substituents is 1. The second-order valence-electron chi connectivity index (χ2n) is 3.33. The first-order chi connectivity index (χ1) is 7.95. The molecule has 92 valence electrons. The fraction of sp³-hybridized carbons (Fsp3) is 0.300. The third-order valence-corrected chi connectivity index (χ3v) is 2.17. The zero-order valence-corrected chi connectivity index (χ0v) is 9.34. The second kappa shape index (κ2) is 5.26. The maximum Gasteiger partial charge on any atom is 0.271 e. The molecule has 0 aliphatic heterocycles. The van der Waals surface area contributed by atoms with E-state index in [1.807, 2.05) is 0 Å². The van der Waals surface area contributed by atoms with Crippen molar-refractivity contribution in [2.45, 2.75) is 13.0 Å². The highest BCUT2D eigenvalue weighted by Crippen LogP contribution is 2.27. The van der Waals surface area contributed by atoms with E-state index in [0.717, 1.165) is 18.2 Å². The van der Waals surface area contributed by atoms with Gasteiger partial charge in [-0.2, -0.15) is 0 Å². The number of carbonyl (C=O) groups excluding carboxylic acids is 1. The topological polar surface area (TPSA) is 102 Å². The van der Waals surface area contributed by atoms with Crippen molar-refractivity contribution in [1.82, 2.24) is 0 Å². The summed E-state index contributed by atoms with van der Waals surface area (Å²) in [5.74, 6) is -0.740. The number of ether oxygens (including phenoxy) is 1. The lowest BCUT2D eigenvalue weighted by atomic mass is 10.2. The molecule has 0 saturated carbocycles. The quantitative estimate of drug-likeness (QED) is 0.468. The van der Waals surface area contributed by atoms with Crippen LogP contribution >= 0.6 is 0 Å². The van der Waals surface area contributed by atoms with Crippen molar-refractivity contribution in [2.75, 3.05) is 12.4 Å². The summed E-state index contributed by atoms with van der Waals surface area (Å²) in [5.41, 5.74) is -0.240. The summed E-state index contributed by atoms with van der Waals surface area (Å²) in [6.07, 6.45) is -0.714. The van der Waals surface area contributed by atoms with Gasteiger partial charge >= 0.3 is 0 Å². The molecule has 0 aromatic heterocycles. The summed E-state index contributed by atoms with van der Waals surface area (Å²) in [6, 6.07) is 3.37. The molecule has 1 unspecified atom stereocenters. The number of benzene rings is 1. The summed E-state index contributed by atoms with van der Waals surface area (Å²) in [7, 11) is 1.36. The molecule has 7 heteroatoms. The fourth-order valence-corrected chi connectivity index (χ4v) is 1.08. The van der Waals surface area contributed by atoms with Gasteiger partial charge in [0.1, 0.15) is 11.9 Å². The molecule has 2 N–H and O–H groups in total. The maximum atomic E-state index is 11.5. The molecule has 0 spiro atoms. The van der Waals surface area contributed by atoms with Crippen LogP contribution in [0.1, 0.15) is 6.92 Å². The molecule has 17 heavy (non-hydrogen) atoms. The van der Waals surface area contributed by atoms with Gasteiger partial charge in [0.15, 0.2) is 0 Å². The predicted molar refractivity (Wildman–Crippen MR) is 59.9 cm³/mol. The molecule has 0 aliphatic carbocycles. The molecule has 7 nitrogen and oxygen atoms in total. The zero-order chi connectivity index (χ0) is 13.0. The Morgan fingerprint density at radius 3 is 2.76 bits per heavy atom. The van der Waals surface area contributed by atoms with Crippen molar-refractivity contribution < 1.29 is 19.6 Å². The number of rotatable bonds is 4. The molecule has 0 bridgehead atoms. The third-order valence-electron chi connectivity index (χ3n) is 2.17. The monoisotopic (exact) mass is 240 g/mol. The van der Waals surface area contributed by atoms with Crippen LogP contribution in [0.4, 0.5) is 11.4 Å². The summed E-state index contributed by atoms with van der Waals surface area (Å²) in [6.45, 7) is 1.52. The number of nitrogens with zero attached hydrogens (tertiary/aromatic N) is 1. The molecule has 1 aromatic rings. The van der Waals surface area contributed by atoms with Gasteiger partial charge in [0, 0.05) is 19.2 Å². The van der Waals surface area contributed by atoms with E-state index in [9.17, 15) is 20.0 Å². The lowest BCUT2D eigenvalue weighted by molar-refractivity contribution is -0.384. The molecule has 0 heterocycles. The lowest BCUT2D eigenvalue weighted by Crippen LogP contribution is -2.26. The van der Waals surface area contributed by atoms with Crippen molar-refractivity contribution in [1.29, 1.82) is 0 Å². The van der Waals surface area contributed by atoms with Gasteiger partial charge in [0.05, 0.1) is 10.6 Å². The van der Waals surface area contributed by atoms with Gasteiger partial charge in [-0.3, -0.25) is 14.9 Å². The Hall–Kier alpha value is -2.15. The highest BCUT2D eigenvalue weighted by atomic mass is 16.6. The van der Waals surface area contributed by atoms with Gasteiger partial charge in [-0.1, -0.05) is 0 Å². The lowest BCUT2D eigenvalue weighted by Gasteiger charge is -2.11. The smallest absolute Gasteiger partial charge is 0.271 e. The first kappa shape index (κ1) is 12.9. The molecular formula is C10H12N2O5. The molecule has 0 fully saturated rings. The molecule has 1 amide bonds. The predicted octanol–water partition coefficient (Wildman–Crippen LogP) is 1.27. The average molecular weight is 240 g/mol. The molecular weight excluding hydrogens is 228 g/mol. The molecule has 1 atom stereocenters. The fourth-order valence-electron chi connectivity index (χ4n) is 1.08. The Bertz CT molecular complexity index is 446. The number of methoxy groups -OCH3 is 1. The van der Waals surface area contributed by atoms with E-state index < -0.39 is 16.9 Å². The van der Waals surface area contributed by atoms with Crippen LogP contribution in [0.25, 0.3) is 0 Å². The Kier molecular flexibility index (Phi) is 4.00. The van der Waals surface area contributed by atoms with E-state index in [4.69, 9.17) is 4.74 Å². The number of anilines is 1. The van der Waals surface area contributed by atoms with Crippen molar-refractivity contribution in [2.24, 2.45) is 0 Å². The number of phenols is 1. The minimum absolute atomic E-state index is 0.0203. The highest BCUT2D eigenvalue weighted by Gasteiger charge is 2.16. The number of aromatic hydroxyl groups is 1. The van der Waals surface area contributed by atoms with E-state index in [2.05, 4.69) is 5.32 Å². The van der Waals surface area contributed by atoms with Crippen LogP contribution in [-0.2, 0) is 9.53 Å². The van der Waals surface area contributed by atoms with Crippen molar-refractivity contribution >= 4 is 17.3 Å². The number of phenolic OH excluding ortho intramolecular Hbond substituents is 1. The van der Waals surface area contributed by atoms with Crippen LogP contribution in [0.3, 0.4) is 0 Å². The first-order valence-electron chi connectivity index (χ1n) is 4.76. The van der Waals surface area contributed by atoms with E-state index in [1.165, 1.54) is 14.0 Å². The van der Waals surface area contributed by atoms with Gasteiger partial charge in [-0.25, -0.2) is 0 Å². The largest absolute Gasteiger partial charge is 0.506 e. The number of carbonyl (C=O) groups is 1. The Balaban J connectivity index is 2.94. The van der Waals surface area contributed by atoms with Crippen LogP contribution < -0.4 is 5.32 Å². The van der Waals surface area contributed by atoms with Gasteiger partial charge in [0.25, 0.3) is 11.6 Å².